The Morgan fingerprint density at radius 2 is 2.04 bits per heavy atom. The monoisotopic (exact) mass is 417 g/mol. The lowest BCUT2D eigenvalue weighted by Gasteiger charge is -2.30. The number of halogens is 2. The molecule has 146 valence electrons. The highest BCUT2D eigenvalue weighted by atomic mass is 35.5. The minimum absolute atomic E-state index is 0.0728. The van der Waals surface area contributed by atoms with Crippen LogP contribution in [-0.2, 0) is 11.3 Å². The van der Waals surface area contributed by atoms with Crippen molar-refractivity contribution in [3.05, 3.63) is 63.9 Å². The second kappa shape index (κ2) is 8.55. The second-order valence-corrected chi connectivity index (χ2v) is 8.58. The predicted octanol–water partition coefficient (Wildman–Crippen LogP) is 4.58. The van der Waals surface area contributed by atoms with E-state index in [-0.39, 0.29) is 18.3 Å². The third-order valence-electron chi connectivity index (χ3n) is 5.10. The Bertz CT molecular complexity index is 985. The summed E-state index contributed by atoms with van der Waals surface area (Å²) < 4.78 is 14.8. The van der Waals surface area contributed by atoms with Gasteiger partial charge < -0.3 is 5.32 Å². The summed E-state index contributed by atoms with van der Waals surface area (Å²) in [7, 11) is 0. The maximum Gasteiger partial charge on any atom is 0.234 e. The average molecular weight is 418 g/mol. The number of carbonyl (C=O) groups is 1. The summed E-state index contributed by atoms with van der Waals surface area (Å²) in [5.74, 6) is 0.0611. The lowest BCUT2D eigenvalue weighted by atomic mass is 9.97. The van der Waals surface area contributed by atoms with Gasteiger partial charge in [-0.25, -0.2) is 9.37 Å². The molecular formula is C21H21ClFN3OS. The SMILES string of the molecule is O=C(CN1CCC(c2nc3cc(Cl)ccc3s2)CC1)NCc1ccccc1F. The van der Waals surface area contributed by atoms with Gasteiger partial charge >= 0.3 is 0 Å². The van der Waals surface area contributed by atoms with Crippen molar-refractivity contribution in [3.63, 3.8) is 0 Å². The quantitative estimate of drug-likeness (QED) is 0.660. The lowest BCUT2D eigenvalue weighted by molar-refractivity contribution is -0.122. The molecule has 0 aliphatic carbocycles. The predicted molar refractivity (Wildman–Crippen MR) is 111 cm³/mol. The molecule has 1 aliphatic rings. The normalized spacial score (nSPS) is 15.8. The number of aromatic nitrogens is 1. The molecule has 2 heterocycles. The first-order chi connectivity index (χ1) is 13.6. The molecule has 1 aromatic heterocycles. The van der Waals surface area contributed by atoms with E-state index in [0.29, 0.717) is 23.0 Å². The van der Waals surface area contributed by atoms with Crippen molar-refractivity contribution in [1.82, 2.24) is 15.2 Å². The molecule has 4 nitrogen and oxygen atoms in total. The van der Waals surface area contributed by atoms with Crippen molar-refractivity contribution < 1.29 is 9.18 Å². The summed E-state index contributed by atoms with van der Waals surface area (Å²) in [5, 5.41) is 4.67. The summed E-state index contributed by atoms with van der Waals surface area (Å²) in [6, 6.07) is 12.3. The first-order valence-electron chi connectivity index (χ1n) is 9.37. The number of piperidine rings is 1. The second-order valence-electron chi connectivity index (χ2n) is 7.08. The number of likely N-dealkylation sites (tertiary alicyclic amines) is 1. The van der Waals surface area contributed by atoms with E-state index < -0.39 is 0 Å². The molecule has 1 fully saturated rings. The van der Waals surface area contributed by atoms with Crippen LogP contribution >= 0.6 is 22.9 Å². The molecule has 1 N–H and O–H groups in total. The topological polar surface area (TPSA) is 45.2 Å². The van der Waals surface area contributed by atoms with E-state index >= 15 is 0 Å². The van der Waals surface area contributed by atoms with Crippen LogP contribution < -0.4 is 5.32 Å². The molecule has 7 heteroatoms. The summed E-state index contributed by atoms with van der Waals surface area (Å²) in [6.07, 6.45) is 1.96. The third-order valence-corrected chi connectivity index (χ3v) is 6.54. The van der Waals surface area contributed by atoms with Crippen molar-refractivity contribution >= 4 is 39.1 Å². The molecule has 0 saturated carbocycles. The molecule has 0 spiro atoms. The van der Waals surface area contributed by atoms with Gasteiger partial charge in [0.15, 0.2) is 0 Å². The summed E-state index contributed by atoms with van der Waals surface area (Å²) in [5.41, 5.74) is 1.47. The van der Waals surface area contributed by atoms with E-state index in [1.54, 1.807) is 29.5 Å². The highest BCUT2D eigenvalue weighted by Gasteiger charge is 2.24. The van der Waals surface area contributed by atoms with Gasteiger partial charge in [-0.15, -0.1) is 11.3 Å². The van der Waals surface area contributed by atoms with Crippen molar-refractivity contribution in [2.75, 3.05) is 19.6 Å². The van der Waals surface area contributed by atoms with Crippen molar-refractivity contribution in [1.29, 1.82) is 0 Å². The van der Waals surface area contributed by atoms with Crippen LogP contribution in [0.15, 0.2) is 42.5 Å². The van der Waals surface area contributed by atoms with E-state index in [0.717, 1.165) is 41.2 Å². The number of hydrogen-bond acceptors (Lipinski definition) is 4. The van der Waals surface area contributed by atoms with Gasteiger partial charge in [0.25, 0.3) is 0 Å². The average Bonchev–Trinajstić information content (AvgIpc) is 3.11. The molecule has 0 radical (unpaired) electrons. The van der Waals surface area contributed by atoms with Crippen molar-refractivity contribution in [3.8, 4) is 0 Å². The minimum atomic E-state index is -0.291. The van der Waals surface area contributed by atoms with Crippen LogP contribution in [0.5, 0.6) is 0 Å². The van der Waals surface area contributed by atoms with Crippen LogP contribution in [0, 0.1) is 5.82 Å². The number of thiazole rings is 1. The maximum atomic E-state index is 13.6. The Hall–Kier alpha value is -2.02. The van der Waals surface area contributed by atoms with Gasteiger partial charge in [-0.05, 0) is 50.2 Å². The lowest BCUT2D eigenvalue weighted by Crippen LogP contribution is -2.41. The highest BCUT2D eigenvalue weighted by molar-refractivity contribution is 7.18. The van der Waals surface area contributed by atoms with Crippen LogP contribution in [0.2, 0.25) is 5.02 Å². The number of carbonyl (C=O) groups excluding carboxylic acids is 1. The molecule has 0 bridgehead atoms. The number of hydrogen-bond donors (Lipinski definition) is 1. The summed E-state index contributed by atoms with van der Waals surface area (Å²) >= 11 is 7.79. The van der Waals surface area contributed by atoms with Gasteiger partial charge in [-0.2, -0.15) is 0 Å². The molecule has 1 saturated heterocycles. The highest BCUT2D eigenvalue weighted by Crippen LogP contribution is 2.34. The third kappa shape index (κ3) is 4.51. The molecule has 1 aliphatic heterocycles. The number of amides is 1. The first kappa shape index (κ1) is 19.3. The molecule has 0 atom stereocenters. The summed E-state index contributed by atoms with van der Waals surface area (Å²) in [4.78, 5) is 19.1. The standard InChI is InChI=1S/C21H21ClFN3OS/c22-16-5-6-19-18(11-16)25-21(28-19)14-7-9-26(10-8-14)13-20(27)24-12-15-3-1-2-4-17(15)23/h1-6,11,14H,7-10,12-13H2,(H,24,27). The molecule has 0 unspecified atom stereocenters. The maximum absolute atomic E-state index is 13.6. The largest absolute Gasteiger partial charge is 0.351 e. The van der Waals surface area contributed by atoms with Gasteiger partial charge in [0.2, 0.25) is 5.91 Å². The number of nitrogens with one attached hydrogen (secondary N) is 1. The zero-order chi connectivity index (χ0) is 19.5. The van der Waals surface area contributed by atoms with Gasteiger partial charge in [-0.3, -0.25) is 9.69 Å². The van der Waals surface area contributed by atoms with Crippen LogP contribution in [-0.4, -0.2) is 35.4 Å². The molecule has 28 heavy (non-hydrogen) atoms. The Labute approximate surface area is 172 Å². The van der Waals surface area contributed by atoms with E-state index in [1.165, 1.54) is 6.07 Å². The Kier molecular flexibility index (Phi) is 5.90. The van der Waals surface area contributed by atoms with Crippen molar-refractivity contribution in [2.24, 2.45) is 0 Å². The van der Waals surface area contributed by atoms with E-state index in [4.69, 9.17) is 16.6 Å². The Morgan fingerprint density at radius 3 is 2.82 bits per heavy atom. The van der Waals surface area contributed by atoms with Crippen LogP contribution in [0.1, 0.15) is 29.3 Å². The fourth-order valence-corrected chi connectivity index (χ4v) is 4.81. The number of fused-ring (bicyclic) bond motifs is 1. The van der Waals surface area contributed by atoms with Crippen molar-refractivity contribution in [2.45, 2.75) is 25.3 Å². The van der Waals surface area contributed by atoms with Gasteiger partial charge in [0, 0.05) is 23.0 Å². The smallest absolute Gasteiger partial charge is 0.234 e. The molecule has 3 aromatic rings. The van der Waals surface area contributed by atoms with Gasteiger partial charge in [0.05, 0.1) is 21.8 Å². The molecule has 1 amide bonds. The molecular weight excluding hydrogens is 397 g/mol. The zero-order valence-corrected chi connectivity index (χ0v) is 16.9. The van der Waals surface area contributed by atoms with Crippen LogP contribution in [0.3, 0.4) is 0 Å². The first-order valence-corrected chi connectivity index (χ1v) is 10.6. The Morgan fingerprint density at radius 1 is 1.25 bits per heavy atom. The minimum Gasteiger partial charge on any atom is -0.351 e. The van der Waals surface area contributed by atoms with Crippen LogP contribution in [0.4, 0.5) is 4.39 Å². The fraction of sp³-hybridized carbons (Fsp3) is 0.333. The zero-order valence-electron chi connectivity index (χ0n) is 15.3. The number of rotatable bonds is 5. The molecule has 2 aromatic carbocycles. The summed E-state index contributed by atoms with van der Waals surface area (Å²) in [6.45, 7) is 2.27. The number of benzene rings is 2. The van der Waals surface area contributed by atoms with E-state index in [2.05, 4.69) is 10.2 Å². The number of nitrogens with zero attached hydrogens (tertiary/aromatic N) is 2. The van der Waals surface area contributed by atoms with E-state index in [1.807, 2.05) is 18.2 Å². The molecule has 4 rings (SSSR count). The van der Waals surface area contributed by atoms with Crippen LogP contribution in [0.25, 0.3) is 10.2 Å². The van der Waals surface area contributed by atoms with E-state index in [9.17, 15) is 9.18 Å². The Balaban J connectivity index is 1.27. The van der Waals surface area contributed by atoms with Gasteiger partial charge in [-0.1, -0.05) is 29.8 Å². The fourth-order valence-electron chi connectivity index (χ4n) is 3.53. The van der Waals surface area contributed by atoms with Gasteiger partial charge in [0.1, 0.15) is 5.82 Å².